The monoisotopic (exact) mass is 175 g/mol. The molecule has 1 saturated heterocycles. The van der Waals surface area contributed by atoms with Crippen molar-refractivity contribution in [2.75, 3.05) is 18.6 Å². The molecule has 0 aromatic carbocycles. The Hall–Kier alpha value is -0.220. The Morgan fingerprint density at radius 1 is 1.73 bits per heavy atom. The van der Waals surface area contributed by atoms with Crippen LogP contribution in [0.15, 0.2) is 0 Å². The molecule has 1 aliphatic heterocycles. The first kappa shape index (κ1) is 8.87. The predicted octanol–water partition coefficient (Wildman–Crippen LogP) is -0.314. The quantitative estimate of drug-likeness (QED) is 0.640. The van der Waals surface area contributed by atoms with Crippen LogP contribution in [0.1, 0.15) is 12.8 Å². The van der Waals surface area contributed by atoms with Crippen molar-refractivity contribution >= 4 is 16.6 Å². The standard InChI is InChI=1S/C7H13NO2S/c1-11(10)5-7(9)6-3-2-4-8-6/h6,8H,2-5H2,1H3. The number of carbonyl (C=O) groups excluding carboxylic acids is 1. The summed E-state index contributed by atoms with van der Waals surface area (Å²) in [6.07, 6.45) is 3.54. The fourth-order valence-corrected chi connectivity index (χ4v) is 1.86. The first-order chi connectivity index (χ1) is 5.20. The van der Waals surface area contributed by atoms with Gasteiger partial charge in [-0.3, -0.25) is 9.00 Å². The van der Waals surface area contributed by atoms with E-state index in [0.717, 1.165) is 19.4 Å². The maximum atomic E-state index is 11.2. The lowest BCUT2D eigenvalue weighted by Gasteiger charge is -2.06. The van der Waals surface area contributed by atoms with Gasteiger partial charge in [0.25, 0.3) is 0 Å². The Labute approximate surface area is 69.0 Å². The van der Waals surface area contributed by atoms with Crippen molar-refractivity contribution in [3.05, 3.63) is 0 Å². The molecular formula is C7H13NO2S. The summed E-state index contributed by atoms with van der Waals surface area (Å²) < 4.78 is 10.7. The molecule has 0 bridgehead atoms. The summed E-state index contributed by atoms with van der Waals surface area (Å²) in [7, 11) is -0.981. The molecule has 1 aliphatic rings. The van der Waals surface area contributed by atoms with E-state index in [-0.39, 0.29) is 17.6 Å². The Balaban J connectivity index is 2.34. The number of Topliss-reactive ketones (excluding diaryl/α,β-unsaturated/α-hetero) is 1. The minimum absolute atomic E-state index is 0.0149. The Morgan fingerprint density at radius 2 is 2.45 bits per heavy atom. The third kappa shape index (κ3) is 2.71. The molecule has 4 heteroatoms. The maximum absolute atomic E-state index is 11.2. The van der Waals surface area contributed by atoms with Gasteiger partial charge in [0.2, 0.25) is 0 Å². The third-order valence-electron chi connectivity index (χ3n) is 1.79. The van der Waals surface area contributed by atoms with Gasteiger partial charge >= 0.3 is 0 Å². The molecule has 3 nitrogen and oxygen atoms in total. The van der Waals surface area contributed by atoms with Gasteiger partial charge in [0.15, 0.2) is 5.78 Å². The molecular weight excluding hydrogens is 162 g/mol. The van der Waals surface area contributed by atoms with Gasteiger partial charge in [0.05, 0.1) is 11.8 Å². The summed E-state index contributed by atoms with van der Waals surface area (Å²) in [5, 5.41) is 3.08. The molecule has 64 valence electrons. The highest BCUT2D eigenvalue weighted by Crippen LogP contribution is 2.05. The highest BCUT2D eigenvalue weighted by Gasteiger charge is 2.21. The van der Waals surface area contributed by atoms with Gasteiger partial charge in [-0.2, -0.15) is 0 Å². The van der Waals surface area contributed by atoms with E-state index < -0.39 is 10.8 Å². The first-order valence-electron chi connectivity index (χ1n) is 3.76. The number of ketones is 1. The van der Waals surface area contributed by atoms with Crippen LogP contribution in [0.3, 0.4) is 0 Å². The van der Waals surface area contributed by atoms with Gasteiger partial charge < -0.3 is 5.32 Å². The lowest BCUT2D eigenvalue weighted by molar-refractivity contribution is -0.118. The van der Waals surface area contributed by atoms with Crippen molar-refractivity contribution in [2.24, 2.45) is 0 Å². The summed E-state index contributed by atoms with van der Waals surface area (Å²) in [5.74, 6) is 0.306. The summed E-state index contributed by atoms with van der Waals surface area (Å²) in [6.45, 7) is 0.923. The average molecular weight is 175 g/mol. The molecule has 1 rings (SSSR count). The summed E-state index contributed by atoms with van der Waals surface area (Å²) >= 11 is 0. The molecule has 0 aliphatic carbocycles. The lowest BCUT2D eigenvalue weighted by Crippen LogP contribution is -2.33. The van der Waals surface area contributed by atoms with Crippen LogP contribution >= 0.6 is 0 Å². The zero-order chi connectivity index (χ0) is 8.27. The molecule has 1 N–H and O–H groups in total. The van der Waals surface area contributed by atoms with Crippen LogP contribution in [0.5, 0.6) is 0 Å². The maximum Gasteiger partial charge on any atom is 0.162 e. The second-order valence-corrected chi connectivity index (χ2v) is 4.27. The van der Waals surface area contributed by atoms with Crippen molar-refractivity contribution in [3.63, 3.8) is 0 Å². The van der Waals surface area contributed by atoms with Crippen LogP contribution in [0, 0.1) is 0 Å². The average Bonchev–Trinajstić information content (AvgIpc) is 2.35. The Bertz CT molecular complexity index is 175. The van der Waals surface area contributed by atoms with Crippen LogP contribution in [0.4, 0.5) is 0 Å². The van der Waals surface area contributed by atoms with Gasteiger partial charge in [0.1, 0.15) is 0 Å². The zero-order valence-electron chi connectivity index (χ0n) is 6.63. The number of nitrogens with one attached hydrogen (secondary N) is 1. The Morgan fingerprint density at radius 3 is 2.91 bits per heavy atom. The fraction of sp³-hybridized carbons (Fsp3) is 0.857. The molecule has 1 heterocycles. The minimum Gasteiger partial charge on any atom is -0.307 e. The van der Waals surface area contributed by atoms with E-state index in [4.69, 9.17) is 0 Å². The third-order valence-corrected chi connectivity index (χ3v) is 2.49. The van der Waals surface area contributed by atoms with E-state index >= 15 is 0 Å². The molecule has 2 atom stereocenters. The van der Waals surface area contributed by atoms with Crippen molar-refractivity contribution in [1.29, 1.82) is 0 Å². The zero-order valence-corrected chi connectivity index (χ0v) is 7.45. The highest BCUT2D eigenvalue weighted by molar-refractivity contribution is 7.85. The van der Waals surface area contributed by atoms with Crippen molar-refractivity contribution in [3.8, 4) is 0 Å². The minimum atomic E-state index is -0.981. The van der Waals surface area contributed by atoms with E-state index in [0.29, 0.717) is 0 Å². The smallest absolute Gasteiger partial charge is 0.162 e. The van der Waals surface area contributed by atoms with Crippen molar-refractivity contribution < 1.29 is 9.00 Å². The lowest BCUT2D eigenvalue weighted by atomic mass is 10.2. The summed E-state index contributed by atoms with van der Waals surface area (Å²) in [5.41, 5.74) is 0. The van der Waals surface area contributed by atoms with Crippen LogP contribution in [-0.4, -0.2) is 34.6 Å². The number of rotatable bonds is 3. The Kier molecular flexibility index (Phi) is 3.20. The normalized spacial score (nSPS) is 26.8. The molecule has 0 spiro atoms. The largest absolute Gasteiger partial charge is 0.307 e. The van der Waals surface area contributed by atoms with E-state index in [9.17, 15) is 9.00 Å². The van der Waals surface area contributed by atoms with Crippen molar-refractivity contribution in [2.45, 2.75) is 18.9 Å². The van der Waals surface area contributed by atoms with Crippen LogP contribution < -0.4 is 5.32 Å². The summed E-state index contributed by atoms with van der Waals surface area (Å²) in [6, 6.07) is -0.0149. The topological polar surface area (TPSA) is 46.2 Å². The molecule has 1 fully saturated rings. The van der Waals surface area contributed by atoms with Gasteiger partial charge in [0, 0.05) is 17.1 Å². The molecule has 0 aromatic heterocycles. The van der Waals surface area contributed by atoms with Gasteiger partial charge in [-0.25, -0.2) is 0 Å². The molecule has 0 aromatic rings. The van der Waals surface area contributed by atoms with Gasteiger partial charge in [-0.1, -0.05) is 0 Å². The second-order valence-electron chi connectivity index (χ2n) is 2.83. The fourth-order valence-electron chi connectivity index (χ4n) is 1.26. The van der Waals surface area contributed by atoms with E-state index in [1.807, 2.05) is 0 Å². The van der Waals surface area contributed by atoms with Crippen LogP contribution in [-0.2, 0) is 15.6 Å². The highest BCUT2D eigenvalue weighted by atomic mass is 32.2. The molecule has 11 heavy (non-hydrogen) atoms. The molecule has 2 unspecified atom stereocenters. The number of hydrogen-bond acceptors (Lipinski definition) is 3. The van der Waals surface area contributed by atoms with E-state index in [1.165, 1.54) is 0 Å². The first-order valence-corrected chi connectivity index (χ1v) is 5.49. The molecule has 0 amide bonds. The SMILES string of the molecule is CS(=O)CC(=O)C1CCCN1. The number of hydrogen-bond donors (Lipinski definition) is 1. The van der Waals surface area contributed by atoms with Crippen LogP contribution in [0.25, 0.3) is 0 Å². The molecule has 0 saturated carbocycles. The van der Waals surface area contributed by atoms with Gasteiger partial charge in [-0.15, -0.1) is 0 Å². The second kappa shape index (κ2) is 3.97. The van der Waals surface area contributed by atoms with Crippen LogP contribution in [0.2, 0.25) is 0 Å². The van der Waals surface area contributed by atoms with E-state index in [2.05, 4.69) is 5.32 Å². The number of carbonyl (C=O) groups is 1. The van der Waals surface area contributed by atoms with Crippen molar-refractivity contribution in [1.82, 2.24) is 5.32 Å². The summed E-state index contributed by atoms with van der Waals surface area (Å²) in [4.78, 5) is 11.2. The predicted molar refractivity (Wildman–Crippen MR) is 45.0 cm³/mol. The molecule has 0 radical (unpaired) electrons. The van der Waals surface area contributed by atoms with Gasteiger partial charge in [-0.05, 0) is 19.4 Å². The van der Waals surface area contributed by atoms with E-state index in [1.54, 1.807) is 6.26 Å².